The number of rotatable bonds is 3. The average Bonchev–Trinajstić information content (AvgIpc) is 2.05. The summed E-state index contributed by atoms with van der Waals surface area (Å²) in [6.07, 6.45) is 2.16. The van der Waals surface area contributed by atoms with Crippen LogP contribution in [0.15, 0.2) is 12.3 Å². The van der Waals surface area contributed by atoms with Crippen LogP contribution in [0.3, 0.4) is 0 Å². The molecule has 0 spiro atoms. The van der Waals surface area contributed by atoms with E-state index in [0.29, 0.717) is 6.42 Å². The Hall–Kier alpha value is -0.970. The largest absolute Gasteiger partial charge is 0.475 e. The maximum atomic E-state index is 10.4. The van der Waals surface area contributed by atoms with Crippen molar-refractivity contribution >= 4 is 21.9 Å². The van der Waals surface area contributed by atoms with E-state index in [1.807, 2.05) is 0 Å². The fourth-order valence-electron chi connectivity index (χ4n) is 0.735. The summed E-state index contributed by atoms with van der Waals surface area (Å²) in [6.45, 7) is 0. The summed E-state index contributed by atoms with van der Waals surface area (Å²) in [7, 11) is 0. The number of aromatic nitrogens is 2. The zero-order valence-electron chi connectivity index (χ0n) is 6.20. The molecule has 0 aromatic carbocycles. The standard InChI is InChI=1S/C7H7BrN2O2/c8-3-1-5-2-4-9-6(10-5)7(11)12/h2,4H,1,3H2,(H,11,12). The Kier molecular flexibility index (Phi) is 3.16. The number of hydrogen-bond donors (Lipinski definition) is 1. The molecule has 5 heteroatoms. The molecule has 0 aliphatic carbocycles. The molecule has 0 radical (unpaired) electrons. The third-order valence-electron chi connectivity index (χ3n) is 1.26. The molecule has 1 aromatic heterocycles. The van der Waals surface area contributed by atoms with Gasteiger partial charge in [0, 0.05) is 17.2 Å². The van der Waals surface area contributed by atoms with Crippen molar-refractivity contribution in [3.63, 3.8) is 0 Å². The molecule has 0 aliphatic rings. The molecule has 0 saturated carbocycles. The van der Waals surface area contributed by atoms with Gasteiger partial charge in [0.05, 0.1) is 0 Å². The van der Waals surface area contributed by atoms with E-state index in [1.165, 1.54) is 6.20 Å². The van der Waals surface area contributed by atoms with Crippen molar-refractivity contribution in [1.29, 1.82) is 0 Å². The lowest BCUT2D eigenvalue weighted by molar-refractivity contribution is 0.0683. The highest BCUT2D eigenvalue weighted by Gasteiger charge is 2.05. The Labute approximate surface area is 77.8 Å². The third-order valence-corrected chi connectivity index (χ3v) is 1.65. The first kappa shape index (κ1) is 9.12. The van der Waals surface area contributed by atoms with Gasteiger partial charge in [-0.1, -0.05) is 15.9 Å². The summed E-state index contributed by atoms with van der Waals surface area (Å²) in [5.41, 5.74) is 0.735. The lowest BCUT2D eigenvalue weighted by atomic mass is 10.3. The van der Waals surface area contributed by atoms with Crippen LogP contribution in [0.1, 0.15) is 16.3 Å². The maximum Gasteiger partial charge on any atom is 0.373 e. The average molecular weight is 231 g/mol. The second-order valence-corrected chi connectivity index (χ2v) is 2.91. The van der Waals surface area contributed by atoms with Crippen LogP contribution in [0.2, 0.25) is 0 Å². The molecule has 1 N–H and O–H groups in total. The van der Waals surface area contributed by atoms with Crippen molar-refractivity contribution in [3.05, 3.63) is 23.8 Å². The van der Waals surface area contributed by atoms with E-state index in [0.717, 1.165) is 11.0 Å². The number of carboxylic acids is 1. The molecule has 0 bridgehead atoms. The van der Waals surface area contributed by atoms with E-state index in [-0.39, 0.29) is 5.82 Å². The fraction of sp³-hybridized carbons (Fsp3) is 0.286. The van der Waals surface area contributed by atoms with Gasteiger partial charge in [0.25, 0.3) is 0 Å². The Bertz CT molecular complexity index is 290. The zero-order chi connectivity index (χ0) is 8.97. The smallest absolute Gasteiger partial charge is 0.373 e. The lowest BCUT2D eigenvalue weighted by Crippen LogP contribution is -2.05. The van der Waals surface area contributed by atoms with Crippen LogP contribution in [0.5, 0.6) is 0 Å². The monoisotopic (exact) mass is 230 g/mol. The van der Waals surface area contributed by atoms with Crippen LogP contribution >= 0.6 is 15.9 Å². The molecule has 1 heterocycles. The molecule has 0 aliphatic heterocycles. The van der Waals surface area contributed by atoms with Crippen molar-refractivity contribution in [2.24, 2.45) is 0 Å². The lowest BCUT2D eigenvalue weighted by Gasteiger charge is -1.96. The van der Waals surface area contributed by atoms with Crippen LogP contribution in [0, 0.1) is 0 Å². The van der Waals surface area contributed by atoms with Crippen LogP contribution < -0.4 is 0 Å². The Morgan fingerprint density at radius 3 is 3.00 bits per heavy atom. The molecule has 0 unspecified atom stereocenters. The van der Waals surface area contributed by atoms with Gasteiger partial charge in [-0.3, -0.25) is 0 Å². The first-order valence-corrected chi connectivity index (χ1v) is 4.47. The SMILES string of the molecule is O=C(O)c1nccc(CCBr)n1. The minimum absolute atomic E-state index is 0.145. The van der Waals surface area contributed by atoms with E-state index in [9.17, 15) is 4.79 Å². The minimum atomic E-state index is -1.09. The van der Waals surface area contributed by atoms with Gasteiger partial charge in [-0.2, -0.15) is 0 Å². The van der Waals surface area contributed by atoms with Crippen molar-refractivity contribution < 1.29 is 9.90 Å². The van der Waals surface area contributed by atoms with Gasteiger partial charge >= 0.3 is 5.97 Å². The molecule has 0 saturated heterocycles. The minimum Gasteiger partial charge on any atom is -0.475 e. The molecular formula is C7H7BrN2O2. The molecule has 1 aromatic rings. The topological polar surface area (TPSA) is 63.1 Å². The highest BCUT2D eigenvalue weighted by Crippen LogP contribution is 1.98. The van der Waals surface area contributed by atoms with Crippen molar-refractivity contribution in [2.75, 3.05) is 5.33 Å². The number of alkyl halides is 1. The second-order valence-electron chi connectivity index (χ2n) is 2.12. The van der Waals surface area contributed by atoms with Crippen LogP contribution in [-0.4, -0.2) is 26.4 Å². The first-order valence-electron chi connectivity index (χ1n) is 3.35. The summed E-state index contributed by atoms with van der Waals surface area (Å²) in [5.74, 6) is -1.24. The van der Waals surface area contributed by atoms with Crippen molar-refractivity contribution in [3.8, 4) is 0 Å². The van der Waals surface area contributed by atoms with E-state index in [4.69, 9.17) is 5.11 Å². The van der Waals surface area contributed by atoms with E-state index in [2.05, 4.69) is 25.9 Å². The Morgan fingerprint density at radius 1 is 1.67 bits per heavy atom. The number of nitrogens with zero attached hydrogens (tertiary/aromatic N) is 2. The van der Waals surface area contributed by atoms with Crippen LogP contribution in [0.4, 0.5) is 0 Å². The molecule has 1 rings (SSSR count). The predicted octanol–water partition coefficient (Wildman–Crippen LogP) is 1.11. The van der Waals surface area contributed by atoms with Gasteiger partial charge in [0.15, 0.2) is 0 Å². The molecule has 4 nitrogen and oxygen atoms in total. The zero-order valence-corrected chi connectivity index (χ0v) is 7.78. The van der Waals surface area contributed by atoms with Gasteiger partial charge in [0.1, 0.15) is 0 Å². The van der Waals surface area contributed by atoms with E-state index < -0.39 is 5.97 Å². The third kappa shape index (κ3) is 2.27. The summed E-state index contributed by atoms with van der Waals surface area (Å²) >= 11 is 3.24. The number of aromatic carboxylic acids is 1. The van der Waals surface area contributed by atoms with Crippen LogP contribution in [0.25, 0.3) is 0 Å². The molecule has 64 valence electrons. The Morgan fingerprint density at radius 2 is 2.42 bits per heavy atom. The fourth-order valence-corrected chi connectivity index (χ4v) is 1.14. The number of hydrogen-bond acceptors (Lipinski definition) is 3. The highest BCUT2D eigenvalue weighted by molar-refractivity contribution is 9.09. The quantitative estimate of drug-likeness (QED) is 0.791. The van der Waals surface area contributed by atoms with E-state index >= 15 is 0 Å². The highest BCUT2D eigenvalue weighted by atomic mass is 79.9. The number of aryl methyl sites for hydroxylation is 1. The number of carboxylic acid groups (broad SMARTS) is 1. The summed E-state index contributed by atoms with van der Waals surface area (Å²) < 4.78 is 0. The van der Waals surface area contributed by atoms with Crippen molar-refractivity contribution in [1.82, 2.24) is 9.97 Å². The molecule has 12 heavy (non-hydrogen) atoms. The normalized spacial score (nSPS) is 9.75. The van der Waals surface area contributed by atoms with Gasteiger partial charge in [0.2, 0.25) is 5.82 Å². The Balaban J connectivity index is 2.88. The van der Waals surface area contributed by atoms with Crippen LogP contribution in [-0.2, 0) is 6.42 Å². The van der Waals surface area contributed by atoms with Gasteiger partial charge < -0.3 is 5.11 Å². The van der Waals surface area contributed by atoms with Gasteiger partial charge in [-0.05, 0) is 12.5 Å². The predicted molar refractivity (Wildman–Crippen MR) is 46.5 cm³/mol. The van der Waals surface area contributed by atoms with Gasteiger partial charge in [-0.15, -0.1) is 0 Å². The number of carbonyl (C=O) groups is 1. The molecule has 0 amide bonds. The summed E-state index contributed by atoms with van der Waals surface area (Å²) in [6, 6.07) is 1.70. The number of halogens is 1. The summed E-state index contributed by atoms with van der Waals surface area (Å²) in [5, 5.41) is 9.31. The van der Waals surface area contributed by atoms with E-state index in [1.54, 1.807) is 6.07 Å². The molecular weight excluding hydrogens is 224 g/mol. The van der Waals surface area contributed by atoms with Crippen molar-refractivity contribution in [2.45, 2.75) is 6.42 Å². The second kappa shape index (κ2) is 4.15. The van der Waals surface area contributed by atoms with Gasteiger partial charge in [-0.25, -0.2) is 14.8 Å². The molecule has 0 fully saturated rings. The molecule has 0 atom stereocenters. The maximum absolute atomic E-state index is 10.4. The first-order chi connectivity index (χ1) is 5.74. The summed E-state index contributed by atoms with van der Waals surface area (Å²) in [4.78, 5) is 17.8.